The van der Waals surface area contributed by atoms with Crippen molar-refractivity contribution >= 4 is 38.2 Å². The van der Waals surface area contributed by atoms with Crippen molar-refractivity contribution in [2.45, 2.75) is 17.2 Å². The van der Waals surface area contributed by atoms with Crippen molar-refractivity contribution in [1.82, 2.24) is 5.32 Å². The van der Waals surface area contributed by atoms with Crippen LogP contribution in [0.15, 0.2) is 45.2 Å². The fourth-order valence-electron chi connectivity index (χ4n) is 2.35. The predicted octanol–water partition coefficient (Wildman–Crippen LogP) is 2.01. The minimum Gasteiger partial charge on any atom is -0.497 e. The summed E-state index contributed by atoms with van der Waals surface area (Å²) in [5.74, 6) is 0.491. The van der Waals surface area contributed by atoms with E-state index in [-0.39, 0.29) is 23.1 Å². The first-order valence-electron chi connectivity index (χ1n) is 7.29. The van der Waals surface area contributed by atoms with Crippen molar-refractivity contribution in [1.29, 1.82) is 0 Å². The zero-order valence-corrected chi connectivity index (χ0v) is 14.9. The van der Waals surface area contributed by atoms with E-state index < -0.39 is 10.0 Å². The molecule has 2 heterocycles. The number of hydrogen-bond acceptors (Lipinski definition) is 6. The molecule has 0 spiro atoms. The van der Waals surface area contributed by atoms with E-state index in [1.54, 1.807) is 31.6 Å². The molecular weight excluding hydrogens is 364 g/mol. The molecule has 132 valence electrons. The summed E-state index contributed by atoms with van der Waals surface area (Å²) >= 11 is 1.04. The Labute approximate surface area is 148 Å². The minimum atomic E-state index is -3.71. The van der Waals surface area contributed by atoms with Gasteiger partial charge in [-0.25, -0.2) is 13.6 Å². The van der Waals surface area contributed by atoms with E-state index in [9.17, 15) is 13.2 Å². The van der Waals surface area contributed by atoms with Gasteiger partial charge in [0.15, 0.2) is 0 Å². The Morgan fingerprint density at radius 2 is 2.12 bits per heavy atom. The molecule has 1 aromatic carbocycles. The van der Waals surface area contributed by atoms with Gasteiger partial charge in [0.2, 0.25) is 15.9 Å². The Bertz CT molecular complexity index is 1020. The van der Waals surface area contributed by atoms with Gasteiger partial charge >= 0.3 is 0 Å². The van der Waals surface area contributed by atoms with Crippen LogP contribution in [0, 0.1) is 0 Å². The third-order valence-corrected chi connectivity index (χ3v) is 6.11. The maximum absolute atomic E-state index is 12.1. The molecule has 2 aromatic heterocycles. The first-order chi connectivity index (χ1) is 11.9. The fraction of sp³-hybridized carbons (Fsp3) is 0.188. The molecule has 3 rings (SSSR count). The Morgan fingerprint density at radius 3 is 2.80 bits per heavy atom. The van der Waals surface area contributed by atoms with Crippen molar-refractivity contribution in [3.8, 4) is 5.75 Å². The molecule has 0 bridgehead atoms. The smallest absolute Gasteiger partial charge is 0.247 e. The first kappa shape index (κ1) is 17.5. The SMILES string of the molecule is COc1ccc2c(CC(=O)NCc3ccc(S(N)(=O)=O)s3)coc2c1. The number of carbonyl (C=O) groups is 1. The number of sulfonamides is 1. The third-order valence-electron chi connectivity index (χ3n) is 3.59. The van der Waals surface area contributed by atoms with Crippen LogP contribution < -0.4 is 15.2 Å². The van der Waals surface area contributed by atoms with Crippen LogP contribution in [0.25, 0.3) is 11.0 Å². The number of fused-ring (bicyclic) bond motifs is 1. The molecule has 7 nitrogen and oxygen atoms in total. The summed E-state index contributed by atoms with van der Waals surface area (Å²) in [4.78, 5) is 12.8. The lowest BCUT2D eigenvalue weighted by Crippen LogP contribution is -2.24. The molecule has 0 aliphatic rings. The van der Waals surface area contributed by atoms with Crippen molar-refractivity contribution in [3.05, 3.63) is 47.0 Å². The summed E-state index contributed by atoms with van der Waals surface area (Å²) in [6.45, 7) is 0.239. The summed E-state index contributed by atoms with van der Waals surface area (Å²) in [5.41, 5.74) is 1.42. The topological polar surface area (TPSA) is 112 Å². The second kappa shape index (κ2) is 6.87. The molecule has 0 saturated heterocycles. The van der Waals surface area contributed by atoms with E-state index in [4.69, 9.17) is 14.3 Å². The fourth-order valence-corrected chi connectivity index (χ4v) is 4.07. The molecule has 9 heteroatoms. The van der Waals surface area contributed by atoms with Gasteiger partial charge in [-0.2, -0.15) is 0 Å². The van der Waals surface area contributed by atoms with Gasteiger partial charge < -0.3 is 14.5 Å². The largest absolute Gasteiger partial charge is 0.497 e. The lowest BCUT2D eigenvalue weighted by Gasteiger charge is -2.03. The lowest BCUT2D eigenvalue weighted by atomic mass is 10.1. The number of furan rings is 1. The van der Waals surface area contributed by atoms with E-state index >= 15 is 0 Å². The molecule has 0 fully saturated rings. The highest BCUT2D eigenvalue weighted by atomic mass is 32.2. The average Bonchev–Trinajstić information content (AvgIpc) is 3.19. The summed E-state index contributed by atoms with van der Waals surface area (Å²) in [5, 5.41) is 8.68. The number of amides is 1. The summed E-state index contributed by atoms with van der Waals surface area (Å²) in [6, 6.07) is 8.47. The maximum atomic E-state index is 12.1. The average molecular weight is 380 g/mol. The number of nitrogens with one attached hydrogen (secondary N) is 1. The highest BCUT2D eigenvalue weighted by Crippen LogP contribution is 2.26. The minimum absolute atomic E-state index is 0.0755. The van der Waals surface area contributed by atoms with Gasteiger partial charge in [-0.15, -0.1) is 11.3 Å². The number of carbonyl (C=O) groups excluding carboxylic acids is 1. The number of benzene rings is 1. The Hall–Kier alpha value is -2.36. The van der Waals surface area contributed by atoms with Crippen molar-refractivity contribution < 1.29 is 22.4 Å². The maximum Gasteiger partial charge on any atom is 0.247 e. The van der Waals surface area contributed by atoms with Crippen LogP contribution in [0.4, 0.5) is 0 Å². The van der Waals surface area contributed by atoms with Crippen molar-refractivity contribution in [2.24, 2.45) is 5.14 Å². The highest BCUT2D eigenvalue weighted by molar-refractivity contribution is 7.91. The number of methoxy groups -OCH3 is 1. The zero-order chi connectivity index (χ0) is 18.0. The first-order valence-corrected chi connectivity index (χ1v) is 9.65. The Kier molecular flexibility index (Phi) is 4.80. The molecule has 1 amide bonds. The van der Waals surface area contributed by atoms with Gasteiger partial charge in [-0.1, -0.05) is 0 Å². The van der Waals surface area contributed by atoms with Crippen LogP contribution in [0.2, 0.25) is 0 Å². The van der Waals surface area contributed by atoms with Gasteiger partial charge in [0, 0.05) is 21.9 Å². The molecule has 0 aliphatic carbocycles. The molecular formula is C16H16N2O5S2. The molecule has 3 N–H and O–H groups in total. The van der Waals surface area contributed by atoms with E-state index in [0.29, 0.717) is 16.2 Å². The van der Waals surface area contributed by atoms with Gasteiger partial charge in [-0.05, 0) is 24.3 Å². The van der Waals surface area contributed by atoms with E-state index in [0.717, 1.165) is 22.3 Å². The molecule has 0 atom stereocenters. The third kappa shape index (κ3) is 4.01. The highest BCUT2D eigenvalue weighted by Gasteiger charge is 2.13. The summed E-state index contributed by atoms with van der Waals surface area (Å²) < 4.78 is 33.2. The molecule has 25 heavy (non-hydrogen) atoms. The molecule has 3 aromatic rings. The second-order valence-electron chi connectivity index (χ2n) is 5.34. The van der Waals surface area contributed by atoms with Crippen LogP contribution in [0.3, 0.4) is 0 Å². The molecule has 0 aliphatic heterocycles. The van der Waals surface area contributed by atoms with Crippen LogP contribution in [0.5, 0.6) is 5.75 Å². The predicted molar refractivity (Wildman–Crippen MR) is 94.0 cm³/mol. The monoisotopic (exact) mass is 380 g/mol. The lowest BCUT2D eigenvalue weighted by molar-refractivity contribution is -0.120. The normalized spacial score (nSPS) is 11.6. The number of primary sulfonamides is 1. The molecule has 0 radical (unpaired) electrons. The van der Waals surface area contributed by atoms with Gasteiger partial charge in [0.05, 0.1) is 26.3 Å². The van der Waals surface area contributed by atoms with E-state index in [1.165, 1.54) is 6.07 Å². The zero-order valence-electron chi connectivity index (χ0n) is 13.3. The summed E-state index contributed by atoms with van der Waals surface area (Å²) in [6.07, 6.45) is 1.71. The molecule has 0 unspecified atom stereocenters. The number of ether oxygens (including phenoxy) is 1. The quantitative estimate of drug-likeness (QED) is 0.679. The van der Waals surface area contributed by atoms with Crippen LogP contribution >= 0.6 is 11.3 Å². The van der Waals surface area contributed by atoms with E-state index in [1.807, 2.05) is 6.07 Å². The van der Waals surface area contributed by atoms with Gasteiger partial charge in [0.25, 0.3) is 0 Å². The number of rotatable bonds is 6. The van der Waals surface area contributed by atoms with Crippen LogP contribution in [-0.4, -0.2) is 21.4 Å². The number of thiophene rings is 1. The van der Waals surface area contributed by atoms with Gasteiger partial charge in [-0.3, -0.25) is 4.79 Å². The standard InChI is InChI=1S/C16H16N2O5S2/c1-22-11-2-4-13-10(9-23-14(13)7-11)6-15(19)18-8-12-3-5-16(24-12)25(17,20)21/h2-5,7,9H,6,8H2,1H3,(H,18,19)(H2,17,20,21). The van der Waals surface area contributed by atoms with E-state index in [2.05, 4.69) is 5.32 Å². The van der Waals surface area contributed by atoms with Crippen LogP contribution in [0.1, 0.15) is 10.4 Å². The summed E-state index contributed by atoms with van der Waals surface area (Å²) in [7, 11) is -2.13. The molecule has 0 saturated carbocycles. The Morgan fingerprint density at radius 1 is 1.32 bits per heavy atom. The van der Waals surface area contributed by atoms with Crippen LogP contribution in [-0.2, 0) is 27.8 Å². The Balaban J connectivity index is 1.64. The second-order valence-corrected chi connectivity index (χ2v) is 8.30. The van der Waals surface area contributed by atoms with Gasteiger partial charge in [0.1, 0.15) is 15.5 Å². The van der Waals surface area contributed by atoms with Crippen molar-refractivity contribution in [3.63, 3.8) is 0 Å². The number of hydrogen-bond donors (Lipinski definition) is 2. The number of nitrogens with two attached hydrogens (primary N) is 1. The van der Waals surface area contributed by atoms with Crippen molar-refractivity contribution in [2.75, 3.05) is 7.11 Å².